The van der Waals surface area contributed by atoms with Crippen LogP contribution < -0.4 is 0 Å². The second kappa shape index (κ2) is 6.03. The lowest BCUT2D eigenvalue weighted by atomic mass is 10.0. The summed E-state index contributed by atoms with van der Waals surface area (Å²) in [4.78, 5) is 12.2. The molecule has 0 amide bonds. The van der Waals surface area contributed by atoms with Gasteiger partial charge in [-0.05, 0) is 32.3 Å². The summed E-state index contributed by atoms with van der Waals surface area (Å²) in [5.74, 6) is 0.148. The molecule has 0 aliphatic heterocycles. The molecular formula is C15H22N4O. The summed E-state index contributed by atoms with van der Waals surface area (Å²) < 4.78 is 3.70. The number of carbonyl (C=O) groups excluding carboxylic acids is 1. The van der Waals surface area contributed by atoms with Crippen LogP contribution >= 0.6 is 0 Å². The second-order valence-electron chi connectivity index (χ2n) is 5.19. The van der Waals surface area contributed by atoms with Gasteiger partial charge in [-0.1, -0.05) is 6.92 Å². The molecule has 0 aliphatic carbocycles. The summed E-state index contributed by atoms with van der Waals surface area (Å²) in [7, 11) is 1.93. The van der Waals surface area contributed by atoms with E-state index in [1.807, 2.05) is 36.5 Å². The molecule has 2 heterocycles. The molecule has 2 aromatic heterocycles. The Kier molecular flexibility index (Phi) is 4.37. The molecule has 2 aromatic rings. The monoisotopic (exact) mass is 274 g/mol. The Morgan fingerprint density at radius 1 is 1.35 bits per heavy atom. The summed E-state index contributed by atoms with van der Waals surface area (Å²) in [6.45, 7) is 6.98. The molecule has 0 N–H and O–H groups in total. The van der Waals surface area contributed by atoms with E-state index in [2.05, 4.69) is 17.1 Å². The van der Waals surface area contributed by atoms with E-state index in [0.29, 0.717) is 12.0 Å². The summed E-state index contributed by atoms with van der Waals surface area (Å²) in [6.07, 6.45) is 5.77. The lowest BCUT2D eigenvalue weighted by Crippen LogP contribution is -2.02. The van der Waals surface area contributed by atoms with Crippen molar-refractivity contribution in [2.45, 2.75) is 46.6 Å². The molecule has 0 radical (unpaired) electrons. The zero-order valence-corrected chi connectivity index (χ0v) is 12.7. The molecule has 2 rings (SSSR count). The average Bonchev–Trinajstić information content (AvgIpc) is 2.95. The highest BCUT2D eigenvalue weighted by Crippen LogP contribution is 2.15. The predicted octanol–water partition coefficient (Wildman–Crippen LogP) is 2.46. The molecule has 108 valence electrons. The van der Waals surface area contributed by atoms with Gasteiger partial charge in [0, 0.05) is 31.9 Å². The molecule has 5 heteroatoms. The van der Waals surface area contributed by atoms with Crippen molar-refractivity contribution < 1.29 is 4.79 Å². The Labute approximate surface area is 119 Å². The number of carbonyl (C=O) groups is 1. The summed E-state index contributed by atoms with van der Waals surface area (Å²) in [6, 6.07) is 0. The first-order valence-corrected chi connectivity index (χ1v) is 7.07. The Bertz CT molecular complexity index is 609. The molecular weight excluding hydrogens is 252 g/mol. The van der Waals surface area contributed by atoms with E-state index < -0.39 is 0 Å². The van der Waals surface area contributed by atoms with E-state index in [1.165, 1.54) is 5.56 Å². The Balaban J connectivity index is 2.01. The minimum Gasteiger partial charge on any atom is -0.294 e. The minimum atomic E-state index is 0.148. The lowest BCUT2D eigenvalue weighted by molar-refractivity contribution is 0.0982. The van der Waals surface area contributed by atoms with Gasteiger partial charge in [0.1, 0.15) is 0 Å². The van der Waals surface area contributed by atoms with E-state index in [9.17, 15) is 4.79 Å². The van der Waals surface area contributed by atoms with E-state index in [-0.39, 0.29) is 5.78 Å². The van der Waals surface area contributed by atoms with Crippen molar-refractivity contribution in [2.24, 2.45) is 7.05 Å². The zero-order chi connectivity index (χ0) is 14.7. The fourth-order valence-corrected chi connectivity index (χ4v) is 2.42. The van der Waals surface area contributed by atoms with Crippen molar-refractivity contribution in [1.82, 2.24) is 19.6 Å². The zero-order valence-electron chi connectivity index (χ0n) is 12.7. The minimum absolute atomic E-state index is 0.148. The first kappa shape index (κ1) is 14.5. The largest absolute Gasteiger partial charge is 0.294 e. The van der Waals surface area contributed by atoms with Crippen LogP contribution in [0, 0.1) is 13.8 Å². The quantitative estimate of drug-likeness (QED) is 0.760. The smallest absolute Gasteiger partial charge is 0.166 e. The topological polar surface area (TPSA) is 52.7 Å². The third-order valence-electron chi connectivity index (χ3n) is 3.67. The highest BCUT2D eigenvalue weighted by Gasteiger charge is 2.13. The number of aromatic nitrogens is 4. The fourth-order valence-electron chi connectivity index (χ4n) is 2.42. The average molecular weight is 274 g/mol. The van der Waals surface area contributed by atoms with Gasteiger partial charge in [0.05, 0.1) is 17.5 Å². The Morgan fingerprint density at radius 3 is 2.70 bits per heavy atom. The van der Waals surface area contributed by atoms with Crippen LogP contribution in [0.1, 0.15) is 47.1 Å². The maximum absolute atomic E-state index is 12.2. The molecule has 0 fully saturated rings. The first-order valence-electron chi connectivity index (χ1n) is 7.07. The molecule has 0 bridgehead atoms. The third-order valence-corrected chi connectivity index (χ3v) is 3.67. The van der Waals surface area contributed by atoms with Crippen LogP contribution in [0.25, 0.3) is 0 Å². The fraction of sp³-hybridized carbons (Fsp3) is 0.533. The van der Waals surface area contributed by atoms with Crippen LogP contribution in [-0.2, 0) is 20.0 Å². The van der Waals surface area contributed by atoms with Crippen LogP contribution in [0.4, 0.5) is 0 Å². The normalized spacial score (nSPS) is 11.0. The predicted molar refractivity (Wildman–Crippen MR) is 77.9 cm³/mol. The summed E-state index contributed by atoms with van der Waals surface area (Å²) >= 11 is 0. The van der Waals surface area contributed by atoms with Crippen LogP contribution in [0.2, 0.25) is 0 Å². The van der Waals surface area contributed by atoms with Gasteiger partial charge in [0.2, 0.25) is 0 Å². The van der Waals surface area contributed by atoms with Crippen molar-refractivity contribution in [2.75, 3.05) is 0 Å². The lowest BCUT2D eigenvalue weighted by Gasteiger charge is -2.01. The molecule has 5 nitrogen and oxygen atoms in total. The summed E-state index contributed by atoms with van der Waals surface area (Å²) in [5, 5.41) is 8.58. The number of hydrogen-bond acceptors (Lipinski definition) is 3. The molecule has 0 unspecified atom stereocenters. The van der Waals surface area contributed by atoms with Crippen molar-refractivity contribution in [1.29, 1.82) is 0 Å². The van der Waals surface area contributed by atoms with Gasteiger partial charge in [-0.2, -0.15) is 10.2 Å². The van der Waals surface area contributed by atoms with Crippen molar-refractivity contribution >= 4 is 5.78 Å². The molecule has 0 aromatic carbocycles. The van der Waals surface area contributed by atoms with Gasteiger partial charge in [-0.3, -0.25) is 14.2 Å². The highest BCUT2D eigenvalue weighted by molar-refractivity contribution is 5.95. The van der Waals surface area contributed by atoms with E-state index >= 15 is 0 Å². The van der Waals surface area contributed by atoms with Gasteiger partial charge in [-0.15, -0.1) is 0 Å². The molecule has 0 saturated carbocycles. The van der Waals surface area contributed by atoms with Gasteiger partial charge in [0.25, 0.3) is 0 Å². The molecule has 0 spiro atoms. The van der Waals surface area contributed by atoms with E-state index in [0.717, 1.165) is 30.8 Å². The van der Waals surface area contributed by atoms with Crippen LogP contribution in [0.15, 0.2) is 12.4 Å². The van der Waals surface area contributed by atoms with Crippen molar-refractivity contribution in [3.63, 3.8) is 0 Å². The third kappa shape index (κ3) is 2.98. The standard InChI is InChI=1S/C15H22N4O/c1-5-8-19-10-13(9-16-19)15(20)7-6-14-11(2)17-18(4)12(14)3/h9-10H,5-8H2,1-4H3. The van der Waals surface area contributed by atoms with Gasteiger partial charge >= 0.3 is 0 Å². The maximum atomic E-state index is 12.2. The Hall–Kier alpha value is -1.91. The Morgan fingerprint density at radius 2 is 2.10 bits per heavy atom. The number of Topliss-reactive ketones (excluding diaryl/α,β-unsaturated/α-hetero) is 1. The SMILES string of the molecule is CCCn1cc(C(=O)CCc2c(C)nn(C)c2C)cn1. The molecule has 0 aliphatic rings. The van der Waals surface area contributed by atoms with Crippen molar-refractivity contribution in [3.8, 4) is 0 Å². The van der Waals surface area contributed by atoms with E-state index in [1.54, 1.807) is 6.20 Å². The van der Waals surface area contributed by atoms with Gasteiger partial charge < -0.3 is 0 Å². The van der Waals surface area contributed by atoms with Crippen molar-refractivity contribution in [3.05, 3.63) is 34.9 Å². The maximum Gasteiger partial charge on any atom is 0.166 e. The number of ketones is 1. The van der Waals surface area contributed by atoms with Gasteiger partial charge in [0.15, 0.2) is 5.78 Å². The molecule has 0 atom stereocenters. The van der Waals surface area contributed by atoms with Crippen LogP contribution in [0.3, 0.4) is 0 Å². The molecule has 0 saturated heterocycles. The summed E-state index contributed by atoms with van der Waals surface area (Å²) in [5.41, 5.74) is 4.04. The highest BCUT2D eigenvalue weighted by atomic mass is 16.1. The number of hydrogen-bond donors (Lipinski definition) is 0. The van der Waals surface area contributed by atoms with Gasteiger partial charge in [-0.25, -0.2) is 0 Å². The first-order chi connectivity index (χ1) is 9.52. The van der Waals surface area contributed by atoms with E-state index in [4.69, 9.17) is 0 Å². The number of rotatable bonds is 6. The number of nitrogens with zero attached hydrogens (tertiary/aromatic N) is 4. The second-order valence-corrected chi connectivity index (χ2v) is 5.19. The van der Waals surface area contributed by atoms with Crippen LogP contribution in [-0.4, -0.2) is 25.3 Å². The van der Waals surface area contributed by atoms with Crippen LogP contribution in [0.5, 0.6) is 0 Å². The molecule has 20 heavy (non-hydrogen) atoms. The number of aryl methyl sites for hydroxylation is 3.